The minimum atomic E-state index is -0.589. The van der Waals surface area contributed by atoms with E-state index in [1.54, 1.807) is 0 Å². The molecule has 0 heterocycles. The highest BCUT2D eigenvalue weighted by Crippen LogP contribution is 2.31. The SMILES string of the molecule is CC(CO)(Nc1ccccc1Cl)c1cccc(Br)c1. The Morgan fingerprint density at radius 2 is 1.95 bits per heavy atom. The first kappa shape index (κ1) is 14.4. The van der Waals surface area contributed by atoms with Crippen LogP contribution in [0, 0.1) is 0 Å². The Hall–Kier alpha value is -1.03. The number of para-hydroxylation sites is 1. The van der Waals surface area contributed by atoms with Gasteiger partial charge < -0.3 is 10.4 Å². The van der Waals surface area contributed by atoms with Gasteiger partial charge >= 0.3 is 0 Å². The van der Waals surface area contributed by atoms with E-state index in [1.165, 1.54) is 0 Å². The van der Waals surface area contributed by atoms with Crippen molar-refractivity contribution < 1.29 is 5.11 Å². The summed E-state index contributed by atoms with van der Waals surface area (Å²) in [6.07, 6.45) is 0. The molecule has 0 radical (unpaired) electrons. The summed E-state index contributed by atoms with van der Waals surface area (Å²) in [4.78, 5) is 0. The standard InChI is InChI=1S/C15H15BrClNO/c1-15(10-19,11-5-4-6-12(16)9-11)18-14-8-3-2-7-13(14)17/h2-9,18-19H,10H2,1H3. The van der Waals surface area contributed by atoms with Crippen LogP contribution in [0.3, 0.4) is 0 Å². The first-order chi connectivity index (χ1) is 9.05. The summed E-state index contributed by atoms with van der Waals surface area (Å²) in [5.41, 5.74) is 1.21. The summed E-state index contributed by atoms with van der Waals surface area (Å²) in [6, 6.07) is 15.4. The van der Waals surface area contributed by atoms with Crippen molar-refractivity contribution in [3.05, 3.63) is 63.6 Å². The lowest BCUT2D eigenvalue weighted by Gasteiger charge is -2.31. The van der Waals surface area contributed by atoms with Crippen molar-refractivity contribution in [1.29, 1.82) is 0 Å². The second-order valence-corrected chi connectivity index (χ2v) is 5.93. The van der Waals surface area contributed by atoms with Crippen LogP contribution in [0.25, 0.3) is 0 Å². The molecule has 2 aromatic rings. The number of aliphatic hydroxyl groups is 1. The quantitative estimate of drug-likeness (QED) is 0.863. The first-order valence-corrected chi connectivity index (χ1v) is 7.12. The number of nitrogens with one attached hydrogen (secondary N) is 1. The van der Waals surface area contributed by atoms with Gasteiger partial charge in [0, 0.05) is 4.47 Å². The van der Waals surface area contributed by atoms with E-state index in [-0.39, 0.29) is 6.61 Å². The number of rotatable bonds is 4. The fourth-order valence-electron chi connectivity index (χ4n) is 1.89. The summed E-state index contributed by atoms with van der Waals surface area (Å²) in [7, 11) is 0. The number of aliphatic hydroxyl groups excluding tert-OH is 1. The molecule has 0 aliphatic rings. The van der Waals surface area contributed by atoms with E-state index >= 15 is 0 Å². The van der Waals surface area contributed by atoms with Crippen molar-refractivity contribution in [3.63, 3.8) is 0 Å². The molecule has 4 heteroatoms. The summed E-state index contributed by atoms with van der Waals surface area (Å²) in [5.74, 6) is 0. The van der Waals surface area contributed by atoms with Crippen LogP contribution in [0.4, 0.5) is 5.69 Å². The molecule has 1 unspecified atom stereocenters. The largest absolute Gasteiger partial charge is 0.394 e. The monoisotopic (exact) mass is 339 g/mol. The average Bonchev–Trinajstić information content (AvgIpc) is 2.41. The summed E-state index contributed by atoms with van der Waals surface area (Å²) in [5, 5.41) is 13.7. The Balaban J connectivity index is 2.36. The lowest BCUT2D eigenvalue weighted by molar-refractivity contribution is 0.224. The van der Waals surface area contributed by atoms with Gasteiger partial charge in [-0.15, -0.1) is 0 Å². The molecule has 0 fully saturated rings. The lowest BCUT2D eigenvalue weighted by atomic mass is 9.92. The van der Waals surface area contributed by atoms with Gasteiger partial charge in [-0.1, -0.05) is 51.8 Å². The molecule has 2 N–H and O–H groups in total. The smallest absolute Gasteiger partial charge is 0.0829 e. The molecular formula is C15H15BrClNO. The van der Waals surface area contributed by atoms with Crippen molar-refractivity contribution in [1.82, 2.24) is 0 Å². The van der Waals surface area contributed by atoms with Crippen molar-refractivity contribution >= 4 is 33.2 Å². The third-order valence-corrected chi connectivity index (χ3v) is 3.89. The Morgan fingerprint density at radius 1 is 1.21 bits per heavy atom. The van der Waals surface area contributed by atoms with Gasteiger partial charge in [-0.05, 0) is 36.8 Å². The van der Waals surface area contributed by atoms with E-state index in [1.807, 2.05) is 55.5 Å². The van der Waals surface area contributed by atoms with E-state index in [4.69, 9.17) is 11.6 Å². The van der Waals surface area contributed by atoms with Crippen LogP contribution in [0.15, 0.2) is 53.0 Å². The minimum absolute atomic E-state index is 0.0331. The zero-order valence-electron chi connectivity index (χ0n) is 10.5. The lowest BCUT2D eigenvalue weighted by Crippen LogP contribution is -2.35. The molecule has 2 nitrogen and oxygen atoms in total. The van der Waals surface area contributed by atoms with E-state index < -0.39 is 5.54 Å². The maximum absolute atomic E-state index is 9.76. The van der Waals surface area contributed by atoms with Crippen LogP contribution in [0.1, 0.15) is 12.5 Å². The maximum Gasteiger partial charge on any atom is 0.0829 e. The van der Waals surface area contributed by atoms with Gasteiger partial charge in [0.05, 0.1) is 22.9 Å². The fraction of sp³-hybridized carbons (Fsp3) is 0.200. The fourth-order valence-corrected chi connectivity index (χ4v) is 2.48. The van der Waals surface area contributed by atoms with Crippen LogP contribution < -0.4 is 5.32 Å². The van der Waals surface area contributed by atoms with Gasteiger partial charge in [0.25, 0.3) is 0 Å². The summed E-state index contributed by atoms with van der Waals surface area (Å²) < 4.78 is 0.977. The van der Waals surface area contributed by atoms with E-state index in [9.17, 15) is 5.11 Å². The molecule has 0 bridgehead atoms. The van der Waals surface area contributed by atoms with Crippen LogP contribution in [-0.4, -0.2) is 11.7 Å². The number of anilines is 1. The first-order valence-electron chi connectivity index (χ1n) is 5.95. The Labute approximate surface area is 126 Å². The Kier molecular flexibility index (Phi) is 4.50. The van der Waals surface area contributed by atoms with Crippen molar-refractivity contribution in [2.45, 2.75) is 12.5 Å². The molecule has 1 atom stereocenters. The molecule has 0 saturated carbocycles. The Bertz CT molecular complexity index is 576. The molecule has 100 valence electrons. The zero-order chi connectivity index (χ0) is 13.9. The maximum atomic E-state index is 9.76. The Morgan fingerprint density at radius 3 is 2.58 bits per heavy atom. The highest BCUT2D eigenvalue weighted by atomic mass is 79.9. The van der Waals surface area contributed by atoms with Crippen molar-refractivity contribution in [3.8, 4) is 0 Å². The number of hydrogen-bond donors (Lipinski definition) is 2. The molecule has 0 aromatic heterocycles. The van der Waals surface area contributed by atoms with E-state index in [0.29, 0.717) is 5.02 Å². The van der Waals surface area contributed by atoms with Crippen molar-refractivity contribution in [2.75, 3.05) is 11.9 Å². The van der Waals surface area contributed by atoms with E-state index in [2.05, 4.69) is 21.2 Å². The average molecular weight is 341 g/mol. The predicted molar refractivity (Wildman–Crippen MR) is 83.7 cm³/mol. The molecule has 19 heavy (non-hydrogen) atoms. The zero-order valence-corrected chi connectivity index (χ0v) is 12.9. The topological polar surface area (TPSA) is 32.3 Å². The van der Waals surface area contributed by atoms with Crippen LogP contribution in [0.2, 0.25) is 5.02 Å². The normalized spacial score (nSPS) is 13.9. The molecule has 0 aliphatic carbocycles. The number of halogens is 2. The number of hydrogen-bond acceptors (Lipinski definition) is 2. The third-order valence-electron chi connectivity index (χ3n) is 3.06. The third kappa shape index (κ3) is 3.30. The van der Waals surface area contributed by atoms with E-state index in [0.717, 1.165) is 15.7 Å². The molecule has 0 saturated heterocycles. The summed E-state index contributed by atoms with van der Waals surface area (Å²) in [6.45, 7) is 1.91. The van der Waals surface area contributed by atoms with Crippen LogP contribution >= 0.6 is 27.5 Å². The molecule has 0 amide bonds. The second kappa shape index (κ2) is 5.95. The molecule has 2 rings (SSSR count). The minimum Gasteiger partial charge on any atom is -0.394 e. The molecule has 0 spiro atoms. The predicted octanol–water partition coefficient (Wildman–Crippen LogP) is 4.42. The molecular weight excluding hydrogens is 326 g/mol. The van der Waals surface area contributed by atoms with Gasteiger partial charge in [-0.3, -0.25) is 0 Å². The van der Waals surface area contributed by atoms with Crippen LogP contribution in [-0.2, 0) is 5.54 Å². The van der Waals surface area contributed by atoms with Gasteiger partial charge in [0.15, 0.2) is 0 Å². The highest BCUT2D eigenvalue weighted by molar-refractivity contribution is 9.10. The highest BCUT2D eigenvalue weighted by Gasteiger charge is 2.26. The molecule has 2 aromatic carbocycles. The second-order valence-electron chi connectivity index (χ2n) is 4.61. The van der Waals surface area contributed by atoms with Gasteiger partial charge in [-0.2, -0.15) is 0 Å². The van der Waals surface area contributed by atoms with Crippen molar-refractivity contribution in [2.24, 2.45) is 0 Å². The van der Waals surface area contributed by atoms with Gasteiger partial charge in [-0.25, -0.2) is 0 Å². The molecule has 0 aliphatic heterocycles. The summed E-state index contributed by atoms with van der Waals surface area (Å²) >= 11 is 9.60. The van der Waals surface area contributed by atoms with Crippen LogP contribution in [0.5, 0.6) is 0 Å². The van der Waals surface area contributed by atoms with Gasteiger partial charge in [0.1, 0.15) is 0 Å². The van der Waals surface area contributed by atoms with Gasteiger partial charge in [0.2, 0.25) is 0 Å². The number of benzene rings is 2.